The first-order valence-corrected chi connectivity index (χ1v) is 10.9. The van der Waals surface area contributed by atoms with Crippen LogP contribution in [0.5, 0.6) is 0 Å². The highest BCUT2D eigenvalue weighted by molar-refractivity contribution is 5.96. The number of allylic oxidation sites excluding steroid dienone is 3. The summed E-state index contributed by atoms with van der Waals surface area (Å²) in [4.78, 5) is 13.0. The quantitative estimate of drug-likeness (QED) is 0.715. The number of carbonyl (C=O) groups excluding carboxylic acids is 1. The van der Waals surface area contributed by atoms with Gasteiger partial charge in [-0.15, -0.1) is 0 Å². The van der Waals surface area contributed by atoms with Crippen LogP contribution in [0.2, 0.25) is 0 Å². The van der Waals surface area contributed by atoms with E-state index >= 15 is 0 Å². The number of carbonyl (C=O) groups is 1. The summed E-state index contributed by atoms with van der Waals surface area (Å²) in [7, 11) is 0. The van der Waals surface area contributed by atoms with Gasteiger partial charge in [0.05, 0.1) is 0 Å². The van der Waals surface area contributed by atoms with E-state index in [0.717, 1.165) is 36.9 Å². The molecule has 2 heteroatoms. The summed E-state index contributed by atoms with van der Waals surface area (Å²) >= 11 is 0. The Morgan fingerprint density at radius 1 is 0.966 bits per heavy atom. The summed E-state index contributed by atoms with van der Waals surface area (Å²) in [6.45, 7) is 6.58. The maximum absolute atomic E-state index is 13.0. The second-order valence-electron chi connectivity index (χ2n) is 9.27. The zero-order valence-electron chi connectivity index (χ0n) is 17.6. The molecule has 5 rings (SSSR count). The second kappa shape index (κ2) is 6.73. The summed E-state index contributed by atoms with van der Waals surface area (Å²) in [5.41, 5.74) is 8.88. The zero-order chi connectivity index (χ0) is 20.2. The van der Waals surface area contributed by atoms with Crippen LogP contribution in [0, 0.1) is 18.8 Å². The minimum atomic E-state index is -0.00466. The van der Waals surface area contributed by atoms with Gasteiger partial charge in [-0.3, -0.25) is 4.79 Å². The number of hydrogen-bond donors (Lipinski definition) is 1. The van der Waals surface area contributed by atoms with Crippen LogP contribution in [-0.4, -0.2) is 5.91 Å². The first-order valence-electron chi connectivity index (χ1n) is 10.9. The first kappa shape index (κ1) is 18.4. The van der Waals surface area contributed by atoms with Gasteiger partial charge in [0, 0.05) is 16.7 Å². The summed E-state index contributed by atoms with van der Waals surface area (Å²) in [5.74, 6) is 0.952. The number of benzene rings is 2. The smallest absolute Gasteiger partial charge is 0.255 e. The first-order chi connectivity index (χ1) is 14.0. The van der Waals surface area contributed by atoms with Crippen molar-refractivity contribution in [2.24, 2.45) is 11.8 Å². The van der Waals surface area contributed by atoms with E-state index in [1.54, 1.807) is 0 Å². The van der Waals surface area contributed by atoms with Gasteiger partial charge in [0.2, 0.25) is 0 Å². The van der Waals surface area contributed by atoms with Crippen molar-refractivity contribution in [2.75, 3.05) is 0 Å². The van der Waals surface area contributed by atoms with Crippen LogP contribution in [-0.2, 0) is 18.3 Å². The summed E-state index contributed by atoms with van der Waals surface area (Å²) < 4.78 is 0. The van der Waals surface area contributed by atoms with Crippen LogP contribution < -0.4 is 5.32 Å². The summed E-state index contributed by atoms with van der Waals surface area (Å²) in [6.07, 6.45) is 10.9. The standard InChI is InChI=1S/C27H29NO/c1-17-4-6-20-10-12-27(24(20)14-17)13-11-21-7-8-22(16-25(21)27)26(29)28-23-9-5-18(2)19(3)15-23/h4-9,14-16,18-19H,10-13H2,1-3H3,(H,28,29). The van der Waals surface area contributed by atoms with Crippen molar-refractivity contribution in [3.63, 3.8) is 0 Å². The molecule has 2 nitrogen and oxygen atoms in total. The Labute approximate surface area is 173 Å². The molecule has 0 saturated carbocycles. The lowest BCUT2D eigenvalue weighted by molar-refractivity contribution is 0.0966. The van der Waals surface area contributed by atoms with Gasteiger partial charge in [-0.1, -0.05) is 55.8 Å². The van der Waals surface area contributed by atoms with Gasteiger partial charge < -0.3 is 5.32 Å². The fourth-order valence-corrected chi connectivity index (χ4v) is 5.45. The normalized spacial score (nSPS) is 26.9. The largest absolute Gasteiger partial charge is 0.322 e. The van der Waals surface area contributed by atoms with E-state index in [1.807, 2.05) is 12.1 Å². The maximum Gasteiger partial charge on any atom is 0.255 e. The number of fused-ring (bicyclic) bond motifs is 4. The molecule has 3 aliphatic rings. The molecule has 0 aliphatic heterocycles. The highest BCUT2D eigenvalue weighted by Crippen LogP contribution is 2.52. The molecule has 0 radical (unpaired) electrons. The minimum absolute atomic E-state index is 0.00466. The molecule has 29 heavy (non-hydrogen) atoms. The van der Waals surface area contributed by atoms with E-state index in [4.69, 9.17) is 0 Å². The lowest BCUT2D eigenvalue weighted by atomic mass is 9.76. The highest BCUT2D eigenvalue weighted by Gasteiger charge is 2.44. The third kappa shape index (κ3) is 2.97. The van der Waals surface area contributed by atoms with Crippen LogP contribution in [0.3, 0.4) is 0 Å². The van der Waals surface area contributed by atoms with Crippen molar-refractivity contribution >= 4 is 5.91 Å². The highest BCUT2D eigenvalue weighted by atomic mass is 16.1. The Bertz CT molecular complexity index is 1060. The topological polar surface area (TPSA) is 29.1 Å². The average Bonchev–Trinajstić information content (AvgIpc) is 3.26. The molecule has 0 fully saturated rings. The van der Waals surface area contributed by atoms with Gasteiger partial charge in [0.25, 0.3) is 5.91 Å². The van der Waals surface area contributed by atoms with Gasteiger partial charge in [0.15, 0.2) is 0 Å². The van der Waals surface area contributed by atoms with Crippen molar-refractivity contribution in [3.05, 3.63) is 93.7 Å². The van der Waals surface area contributed by atoms with E-state index in [0.29, 0.717) is 11.8 Å². The molecule has 148 valence electrons. The van der Waals surface area contributed by atoms with Crippen LogP contribution in [0.1, 0.15) is 64.9 Å². The Balaban J connectivity index is 1.48. The Morgan fingerprint density at radius 3 is 2.38 bits per heavy atom. The molecule has 3 atom stereocenters. The Kier molecular flexibility index (Phi) is 4.27. The van der Waals surface area contributed by atoms with Crippen LogP contribution in [0.25, 0.3) is 0 Å². The molecule has 2 aromatic carbocycles. The van der Waals surface area contributed by atoms with Crippen LogP contribution in [0.4, 0.5) is 0 Å². The molecule has 1 N–H and O–H groups in total. The number of hydrogen-bond acceptors (Lipinski definition) is 1. The fourth-order valence-electron chi connectivity index (χ4n) is 5.45. The zero-order valence-corrected chi connectivity index (χ0v) is 17.6. The van der Waals surface area contributed by atoms with Crippen molar-refractivity contribution in [1.29, 1.82) is 0 Å². The molecule has 2 aromatic rings. The molecule has 3 aliphatic carbocycles. The fraction of sp³-hybridized carbons (Fsp3) is 0.370. The van der Waals surface area contributed by atoms with Gasteiger partial charge in [-0.25, -0.2) is 0 Å². The number of rotatable bonds is 2. The van der Waals surface area contributed by atoms with E-state index in [2.05, 4.69) is 68.6 Å². The van der Waals surface area contributed by atoms with Gasteiger partial charge >= 0.3 is 0 Å². The number of nitrogens with one attached hydrogen (secondary N) is 1. The Morgan fingerprint density at radius 2 is 1.66 bits per heavy atom. The molecule has 3 unspecified atom stereocenters. The van der Waals surface area contributed by atoms with Gasteiger partial charge in [-0.2, -0.15) is 0 Å². The molecule has 0 bridgehead atoms. The third-order valence-corrected chi connectivity index (χ3v) is 7.42. The predicted octanol–water partition coefficient (Wildman–Crippen LogP) is 5.63. The van der Waals surface area contributed by atoms with Gasteiger partial charge in [0.1, 0.15) is 0 Å². The van der Waals surface area contributed by atoms with E-state index in [-0.39, 0.29) is 11.3 Å². The maximum atomic E-state index is 13.0. The van der Waals surface area contributed by atoms with E-state index in [9.17, 15) is 4.79 Å². The van der Waals surface area contributed by atoms with Crippen molar-refractivity contribution < 1.29 is 4.79 Å². The van der Waals surface area contributed by atoms with Crippen LogP contribution >= 0.6 is 0 Å². The monoisotopic (exact) mass is 383 g/mol. The molecular formula is C27H29NO. The van der Waals surface area contributed by atoms with Crippen molar-refractivity contribution in [2.45, 2.75) is 51.9 Å². The summed E-state index contributed by atoms with van der Waals surface area (Å²) in [6, 6.07) is 13.3. The molecule has 0 aromatic heterocycles. The predicted molar refractivity (Wildman–Crippen MR) is 118 cm³/mol. The second-order valence-corrected chi connectivity index (χ2v) is 9.27. The molecule has 1 amide bonds. The average molecular weight is 384 g/mol. The summed E-state index contributed by atoms with van der Waals surface area (Å²) in [5, 5.41) is 3.12. The molecular weight excluding hydrogens is 354 g/mol. The number of aryl methyl sites for hydroxylation is 3. The Hall–Kier alpha value is -2.61. The lowest BCUT2D eigenvalue weighted by Gasteiger charge is -2.27. The van der Waals surface area contributed by atoms with E-state index in [1.165, 1.54) is 27.8 Å². The van der Waals surface area contributed by atoms with Crippen molar-refractivity contribution in [1.82, 2.24) is 5.32 Å². The van der Waals surface area contributed by atoms with Crippen LogP contribution in [0.15, 0.2) is 60.3 Å². The SMILES string of the molecule is Cc1ccc2c(c1)C1(CC2)CCc2ccc(C(=O)NC3=CC(C)C(C)C=C3)cc21. The van der Waals surface area contributed by atoms with Gasteiger partial charge in [-0.05, 0) is 84.9 Å². The molecule has 0 saturated heterocycles. The molecule has 1 spiro atoms. The lowest BCUT2D eigenvalue weighted by Crippen LogP contribution is -2.26. The third-order valence-electron chi connectivity index (χ3n) is 7.42. The number of amides is 1. The molecule has 0 heterocycles. The minimum Gasteiger partial charge on any atom is -0.322 e. The van der Waals surface area contributed by atoms with Crippen molar-refractivity contribution in [3.8, 4) is 0 Å². The van der Waals surface area contributed by atoms with E-state index < -0.39 is 0 Å².